The maximum Gasteiger partial charge on any atom is 0.336 e. The SMILES string of the molecule is COc1ccccc1/C(=C\c1cccs1)C(=O)O. The van der Waals surface area contributed by atoms with E-state index in [-0.39, 0.29) is 5.57 Å². The van der Waals surface area contributed by atoms with Crippen LogP contribution in [-0.2, 0) is 4.79 Å². The van der Waals surface area contributed by atoms with Gasteiger partial charge >= 0.3 is 5.97 Å². The summed E-state index contributed by atoms with van der Waals surface area (Å²) in [6, 6.07) is 10.9. The molecule has 2 aromatic rings. The van der Waals surface area contributed by atoms with Gasteiger partial charge in [-0.25, -0.2) is 4.79 Å². The Bertz CT molecular complexity index is 570. The molecule has 0 aliphatic rings. The van der Waals surface area contributed by atoms with Gasteiger partial charge in [0.2, 0.25) is 0 Å². The van der Waals surface area contributed by atoms with Crippen molar-refractivity contribution < 1.29 is 14.6 Å². The Morgan fingerprint density at radius 3 is 2.67 bits per heavy atom. The standard InChI is InChI=1S/C14H12O3S/c1-17-13-7-3-2-6-11(13)12(14(15)16)9-10-5-4-8-18-10/h2-9H,1H3,(H,15,16)/b12-9+. The molecule has 3 nitrogen and oxygen atoms in total. The Morgan fingerprint density at radius 2 is 2.06 bits per heavy atom. The molecule has 1 aromatic carbocycles. The summed E-state index contributed by atoms with van der Waals surface area (Å²) < 4.78 is 5.19. The molecule has 1 N–H and O–H groups in total. The van der Waals surface area contributed by atoms with Crippen LogP contribution in [0.3, 0.4) is 0 Å². The molecular formula is C14H12O3S. The predicted molar refractivity (Wildman–Crippen MR) is 72.8 cm³/mol. The number of hydrogen-bond acceptors (Lipinski definition) is 3. The van der Waals surface area contributed by atoms with Gasteiger partial charge in [0.25, 0.3) is 0 Å². The van der Waals surface area contributed by atoms with E-state index in [1.54, 1.807) is 24.3 Å². The maximum atomic E-state index is 11.4. The van der Waals surface area contributed by atoms with Crippen molar-refractivity contribution in [1.29, 1.82) is 0 Å². The van der Waals surface area contributed by atoms with E-state index in [1.165, 1.54) is 18.4 Å². The molecule has 0 atom stereocenters. The lowest BCUT2D eigenvalue weighted by Crippen LogP contribution is -2.01. The van der Waals surface area contributed by atoms with Crippen molar-refractivity contribution in [3.8, 4) is 5.75 Å². The Labute approximate surface area is 109 Å². The van der Waals surface area contributed by atoms with Crippen molar-refractivity contribution in [3.63, 3.8) is 0 Å². The lowest BCUT2D eigenvalue weighted by Gasteiger charge is -2.08. The van der Waals surface area contributed by atoms with E-state index in [0.717, 1.165) is 4.88 Å². The van der Waals surface area contributed by atoms with Crippen molar-refractivity contribution >= 4 is 29.0 Å². The molecule has 0 radical (unpaired) electrons. The first kappa shape index (κ1) is 12.4. The molecule has 2 rings (SSSR count). The Morgan fingerprint density at radius 1 is 1.28 bits per heavy atom. The summed E-state index contributed by atoms with van der Waals surface area (Å²) in [5, 5.41) is 11.2. The number of ether oxygens (including phenoxy) is 1. The molecule has 0 aliphatic carbocycles. The van der Waals surface area contributed by atoms with Gasteiger partial charge in [-0.3, -0.25) is 0 Å². The summed E-state index contributed by atoms with van der Waals surface area (Å²) in [6.07, 6.45) is 1.66. The molecule has 1 aromatic heterocycles. The number of para-hydroxylation sites is 1. The average Bonchev–Trinajstić information content (AvgIpc) is 2.88. The van der Waals surface area contributed by atoms with Crippen molar-refractivity contribution in [2.24, 2.45) is 0 Å². The second kappa shape index (κ2) is 5.51. The highest BCUT2D eigenvalue weighted by Crippen LogP contribution is 2.28. The first-order valence-corrected chi connectivity index (χ1v) is 6.22. The minimum absolute atomic E-state index is 0.231. The Balaban J connectivity index is 2.52. The van der Waals surface area contributed by atoms with Gasteiger partial charge in [-0.2, -0.15) is 0 Å². The van der Waals surface area contributed by atoms with Gasteiger partial charge in [0.1, 0.15) is 5.75 Å². The third-order valence-electron chi connectivity index (χ3n) is 2.46. The smallest absolute Gasteiger partial charge is 0.336 e. The molecule has 0 amide bonds. The van der Waals surface area contributed by atoms with Crippen molar-refractivity contribution in [2.75, 3.05) is 7.11 Å². The van der Waals surface area contributed by atoms with E-state index in [2.05, 4.69) is 0 Å². The molecule has 0 unspecified atom stereocenters. The Kier molecular flexibility index (Phi) is 3.79. The van der Waals surface area contributed by atoms with Gasteiger partial charge in [0.15, 0.2) is 0 Å². The minimum atomic E-state index is -0.965. The zero-order chi connectivity index (χ0) is 13.0. The molecule has 92 valence electrons. The van der Waals surface area contributed by atoms with Gasteiger partial charge in [-0.05, 0) is 23.6 Å². The molecule has 0 fully saturated rings. The summed E-state index contributed by atoms with van der Waals surface area (Å²) in [6.45, 7) is 0. The Hall–Kier alpha value is -2.07. The van der Waals surface area contributed by atoms with E-state index in [1.807, 2.05) is 23.6 Å². The third kappa shape index (κ3) is 2.60. The molecular weight excluding hydrogens is 248 g/mol. The first-order valence-electron chi connectivity index (χ1n) is 5.34. The van der Waals surface area contributed by atoms with E-state index in [4.69, 9.17) is 4.74 Å². The van der Waals surface area contributed by atoms with Crippen molar-refractivity contribution in [3.05, 3.63) is 52.2 Å². The molecule has 0 bridgehead atoms. The lowest BCUT2D eigenvalue weighted by atomic mass is 10.0. The van der Waals surface area contributed by atoms with Crippen molar-refractivity contribution in [1.82, 2.24) is 0 Å². The number of rotatable bonds is 4. The lowest BCUT2D eigenvalue weighted by molar-refractivity contribution is -0.130. The number of thiophene rings is 1. The normalized spacial score (nSPS) is 11.3. The zero-order valence-electron chi connectivity index (χ0n) is 9.79. The summed E-state index contributed by atoms with van der Waals surface area (Å²) in [7, 11) is 1.53. The molecule has 4 heteroatoms. The summed E-state index contributed by atoms with van der Waals surface area (Å²) in [5.41, 5.74) is 0.816. The second-order valence-corrected chi connectivity index (χ2v) is 4.56. The number of benzene rings is 1. The summed E-state index contributed by atoms with van der Waals surface area (Å²) >= 11 is 1.50. The fraction of sp³-hybridized carbons (Fsp3) is 0.0714. The van der Waals surface area contributed by atoms with Gasteiger partial charge in [-0.1, -0.05) is 24.3 Å². The number of methoxy groups -OCH3 is 1. The number of hydrogen-bond donors (Lipinski definition) is 1. The van der Waals surface area contributed by atoms with E-state index in [9.17, 15) is 9.90 Å². The summed E-state index contributed by atoms with van der Waals surface area (Å²) in [4.78, 5) is 12.3. The highest BCUT2D eigenvalue weighted by Gasteiger charge is 2.14. The molecule has 18 heavy (non-hydrogen) atoms. The minimum Gasteiger partial charge on any atom is -0.496 e. The van der Waals surface area contributed by atoms with Crippen LogP contribution in [0.1, 0.15) is 10.4 Å². The highest BCUT2D eigenvalue weighted by molar-refractivity contribution is 7.11. The summed E-state index contributed by atoms with van der Waals surface area (Å²) in [5.74, 6) is -0.407. The van der Waals surface area contributed by atoms with Crippen LogP contribution in [0, 0.1) is 0 Å². The fourth-order valence-electron chi connectivity index (χ4n) is 1.64. The van der Waals surface area contributed by atoms with Crippen LogP contribution in [0.25, 0.3) is 11.6 Å². The molecule has 0 saturated carbocycles. The predicted octanol–water partition coefficient (Wildman–Crippen LogP) is 3.38. The number of carboxylic acid groups (broad SMARTS) is 1. The topological polar surface area (TPSA) is 46.5 Å². The quantitative estimate of drug-likeness (QED) is 0.857. The monoisotopic (exact) mass is 260 g/mol. The molecule has 0 aliphatic heterocycles. The van der Waals surface area contributed by atoms with Crippen LogP contribution in [0.5, 0.6) is 5.75 Å². The van der Waals surface area contributed by atoms with Crippen LogP contribution in [0.4, 0.5) is 0 Å². The van der Waals surface area contributed by atoms with Crippen molar-refractivity contribution in [2.45, 2.75) is 0 Å². The van der Waals surface area contributed by atoms with Gasteiger partial charge < -0.3 is 9.84 Å². The third-order valence-corrected chi connectivity index (χ3v) is 3.28. The molecule has 0 spiro atoms. The van der Waals surface area contributed by atoms with E-state index in [0.29, 0.717) is 11.3 Å². The van der Waals surface area contributed by atoms with Gasteiger partial charge in [0, 0.05) is 10.4 Å². The number of carboxylic acids is 1. The van der Waals surface area contributed by atoms with Crippen LogP contribution in [0.2, 0.25) is 0 Å². The second-order valence-electron chi connectivity index (χ2n) is 3.58. The fourth-order valence-corrected chi connectivity index (χ4v) is 2.29. The molecule has 1 heterocycles. The van der Waals surface area contributed by atoms with E-state index >= 15 is 0 Å². The number of carbonyl (C=O) groups is 1. The van der Waals surface area contributed by atoms with Crippen LogP contribution >= 0.6 is 11.3 Å². The zero-order valence-corrected chi connectivity index (χ0v) is 10.6. The largest absolute Gasteiger partial charge is 0.496 e. The van der Waals surface area contributed by atoms with Crippen LogP contribution in [0.15, 0.2) is 41.8 Å². The first-order chi connectivity index (χ1) is 8.72. The van der Waals surface area contributed by atoms with Crippen LogP contribution in [-0.4, -0.2) is 18.2 Å². The van der Waals surface area contributed by atoms with Crippen LogP contribution < -0.4 is 4.74 Å². The number of aliphatic carboxylic acids is 1. The average molecular weight is 260 g/mol. The maximum absolute atomic E-state index is 11.4. The highest BCUT2D eigenvalue weighted by atomic mass is 32.1. The van der Waals surface area contributed by atoms with Gasteiger partial charge in [0.05, 0.1) is 12.7 Å². The van der Waals surface area contributed by atoms with Gasteiger partial charge in [-0.15, -0.1) is 11.3 Å². The molecule has 0 saturated heterocycles. The van der Waals surface area contributed by atoms with E-state index < -0.39 is 5.97 Å².